The van der Waals surface area contributed by atoms with Gasteiger partial charge in [-0.2, -0.15) is 0 Å². The van der Waals surface area contributed by atoms with Crippen molar-refractivity contribution in [2.45, 2.75) is 12.8 Å². The van der Waals surface area contributed by atoms with Crippen molar-refractivity contribution >= 4 is 0 Å². The molecule has 0 saturated heterocycles. The van der Waals surface area contributed by atoms with Crippen molar-refractivity contribution in [2.24, 2.45) is 0 Å². The average Bonchev–Trinajstić information content (AvgIpc) is 3.41. The molecule has 0 amide bonds. The van der Waals surface area contributed by atoms with Gasteiger partial charge < -0.3 is 15.3 Å². The van der Waals surface area contributed by atoms with Gasteiger partial charge in [-0.05, 0) is 42.3 Å². The number of imidazole rings is 2. The molecule has 0 aliphatic rings. The number of nitrogens with one attached hydrogen (secondary N) is 3. The molecule has 4 aromatic rings. The summed E-state index contributed by atoms with van der Waals surface area (Å²) < 4.78 is 0. The summed E-state index contributed by atoms with van der Waals surface area (Å²) in [6.07, 6.45) is 7.49. The fraction of sp³-hybridized carbons (Fsp3) is 0.182. The van der Waals surface area contributed by atoms with Crippen LogP contribution in [-0.4, -0.2) is 33.5 Å². The molecule has 2 heterocycles. The first-order valence-electron chi connectivity index (χ1n) is 9.21. The Morgan fingerprint density at radius 2 is 1.44 bits per heavy atom. The fourth-order valence-electron chi connectivity index (χ4n) is 3.17. The van der Waals surface area contributed by atoms with Crippen molar-refractivity contribution in [3.05, 3.63) is 73.1 Å². The molecule has 27 heavy (non-hydrogen) atoms. The van der Waals surface area contributed by atoms with Gasteiger partial charge in [-0.25, -0.2) is 9.97 Å². The molecule has 3 N–H and O–H groups in total. The fourth-order valence-corrected chi connectivity index (χ4v) is 3.17. The lowest BCUT2D eigenvalue weighted by Crippen LogP contribution is -2.08. The van der Waals surface area contributed by atoms with E-state index in [9.17, 15) is 0 Å². The maximum absolute atomic E-state index is 4.49. The zero-order valence-corrected chi connectivity index (χ0v) is 15.4. The van der Waals surface area contributed by atoms with E-state index in [4.69, 9.17) is 0 Å². The Bertz CT molecular complexity index is 966. The minimum absolute atomic E-state index is 0.960. The molecule has 2 aromatic heterocycles. The quantitative estimate of drug-likeness (QED) is 0.432. The van der Waals surface area contributed by atoms with Gasteiger partial charge in [0.2, 0.25) is 0 Å². The maximum Gasteiger partial charge on any atom is 0.106 e. The van der Waals surface area contributed by atoms with Gasteiger partial charge in [0.25, 0.3) is 0 Å². The van der Waals surface area contributed by atoms with Crippen molar-refractivity contribution in [1.29, 1.82) is 0 Å². The van der Waals surface area contributed by atoms with E-state index in [0.29, 0.717) is 0 Å². The van der Waals surface area contributed by atoms with Crippen LogP contribution < -0.4 is 5.32 Å². The number of nitrogens with zero attached hydrogens (tertiary/aromatic N) is 2. The Hall–Kier alpha value is -3.18. The third-order valence-corrected chi connectivity index (χ3v) is 4.69. The SMILES string of the molecule is CNCCCc1ncc(-c2ccc(-c3ccc(-c4cnc[nH]4)cc3)cc2)[nH]1. The summed E-state index contributed by atoms with van der Waals surface area (Å²) in [4.78, 5) is 15.1. The molecule has 2 aromatic carbocycles. The molecule has 0 unspecified atom stereocenters. The molecule has 0 fully saturated rings. The second kappa shape index (κ2) is 8.01. The summed E-state index contributed by atoms with van der Waals surface area (Å²) in [5.41, 5.74) is 6.78. The first-order chi connectivity index (χ1) is 13.3. The number of rotatable bonds is 7. The van der Waals surface area contributed by atoms with E-state index in [-0.39, 0.29) is 0 Å². The molecule has 5 nitrogen and oxygen atoms in total. The molecule has 0 aliphatic carbocycles. The van der Waals surface area contributed by atoms with Crippen molar-refractivity contribution in [2.75, 3.05) is 13.6 Å². The monoisotopic (exact) mass is 357 g/mol. The van der Waals surface area contributed by atoms with Crippen LogP contribution in [0.15, 0.2) is 67.3 Å². The van der Waals surface area contributed by atoms with E-state index < -0.39 is 0 Å². The second-order valence-corrected chi connectivity index (χ2v) is 6.57. The summed E-state index contributed by atoms with van der Waals surface area (Å²) in [5, 5.41) is 3.16. The van der Waals surface area contributed by atoms with Crippen LogP contribution in [0.1, 0.15) is 12.2 Å². The number of aryl methyl sites for hydroxylation is 1. The number of hydrogen-bond donors (Lipinski definition) is 3. The normalized spacial score (nSPS) is 11.0. The third kappa shape index (κ3) is 3.99. The van der Waals surface area contributed by atoms with Crippen LogP contribution in [0.4, 0.5) is 0 Å². The molecular formula is C22H23N5. The molecule has 0 aliphatic heterocycles. The molecule has 4 rings (SSSR count). The maximum atomic E-state index is 4.49. The minimum atomic E-state index is 0.960. The zero-order valence-electron chi connectivity index (χ0n) is 15.4. The summed E-state index contributed by atoms with van der Waals surface area (Å²) in [6, 6.07) is 17.1. The molecule has 0 atom stereocenters. The Morgan fingerprint density at radius 1 is 0.815 bits per heavy atom. The van der Waals surface area contributed by atoms with E-state index in [2.05, 4.69) is 73.8 Å². The molecule has 0 saturated carbocycles. The van der Waals surface area contributed by atoms with E-state index in [1.807, 2.05) is 19.4 Å². The van der Waals surface area contributed by atoms with E-state index in [1.165, 1.54) is 11.1 Å². The summed E-state index contributed by atoms with van der Waals surface area (Å²) in [5.74, 6) is 1.04. The van der Waals surface area contributed by atoms with Crippen molar-refractivity contribution in [3.8, 4) is 33.6 Å². The highest BCUT2D eigenvalue weighted by Gasteiger charge is 2.05. The van der Waals surface area contributed by atoms with Crippen molar-refractivity contribution < 1.29 is 0 Å². The van der Waals surface area contributed by atoms with Gasteiger partial charge in [-0.3, -0.25) is 0 Å². The van der Waals surface area contributed by atoms with Crippen molar-refractivity contribution in [3.63, 3.8) is 0 Å². The van der Waals surface area contributed by atoms with Gasteiger partial charge in [-0.15, -0.1) is 0 Å². The first-order valence-corrected chi connectivity index (χ1v) is 9.21. The van der Waals surface area contributed by atoms with E-state index >= 15 is 0 Å². The minimum Gasteiger partial charge on any atom is -0.345 e. The summed E-state index contributed by atoms with van der Waals surface area (Å²) in [6.45, 7) is 1.00. The molecule has 5 heteroatoms. The van der Waals surface area contributed by atoms with Crippen LogP contribution in [0.25, 0.3) is 33.6 Å². The molecule has 0 bridgehead atoms. The Balaban J connectivity index is 1.47. The number of benzene rings is 2. The lowest BCUT2D eigenvalue weighted by atomic mass is 10.0. The van der Waals surface area contributed by atoms with Gasteiger partial charge >= 0.3 is 0 Å². The Kier molecular flexibility index (Phi) is 5.12. The number of aromatic amines is 2. The topological polar surface area (TPSA) is 69.4 Å². The third-order valence-electron chi connectivity index (χ3n) is 4.69. The predicted octanol–water partition coefficient (Wildman–Crippen LogP) is 4.29. The lowest BCUT2D eigenvalue weighted by Gasteiger charge is -2.05. The molecule has 136 valence electrons. The highest BCUT2D eigenvalue weighted by molar-refractivity contribution is 5.71. The Morgan fingerprint density at radius 3 is 2.04 bits per heavy atom. The highest BCUT2D eigenvalue weighted by Crippen LogP contribution is 2.26. The zero-order chi connectivity index (χ0) is 18.5. The van der Waals surface area contributed by atoms with Crippen LogP contribution in [0, 0.1) is 0 Å². The van der Waals surface area contributed by atoms with Gasteiger partial charge in [0.15, 0.2) is 0 Å². The smallest absolute Gasteiger partial charge is 0.106 e. The van der Waals surface area contributed by atoms with Gasteiger partial charge in [-0.1, -0.05) is 48.5 Å². The van der Waals surface area contributed by atoms with Crippen LogP contribution >= 0.6 is 0 Å². The average molecular weight is 357 g/mol. The number of H-pyrrole nitrogens is 2. The van der Waals surface area contributed by atoms with Gasteiger partial charge in [0.05, 0.1) is 30.1 Å². The van der Waals surface area contributed by atoms with Crippen LogP contribution in [-0.2, 0) is 6.42 Å². The predicted molar refractivity (Wildman–Crippen MR) is 109 cm³/mol. The number of aromatic nitrogens is 4. The first kappa shape index (κ1) is 17.2. The van der Waals surface area contributed by atoms with E-state index in [0.717, 1.165) is 47.7 Å². The summed E-state index contributed by atoms with van der Waals surface area (Å²) >= 11 is 0. The largest absolute Gasteiger partial charge is 0.345 e. The molecular weight excluding hydrogens is 334 g/mol. The highest BCUT2D eigenvalue weighted by atomic mass is 14.9. The van der Waals surface area contributed by atoms with Crippen LogP contribution in [0.3, 0.4) is 0 Å². The van der Waals surface area contributed by atoms with Crippen molar-refractivity contribution in [1.82, 2.24) is 25.3 Å². The van der Waals surface area contributed by atoms with E-state index in [1.54, 1.807) is 6.33 Å². The summed E-state index contributed by atoms with van der Waals surface area (Å²) in [7, 11) is 1.97. The number of hydrogen-bond acceptors (Lipinski definition) is 3. The van der Waals surface area contributed by atoms with Gasteiger partial charge in [0, 0.05) is 6.42 Å². The Labute approximate surface area is 158 Å². The lowest BCUT2D eigenvalue weighted by molar-refractivity contribution is 0.707. The second-order valence-electron chi connectivity index (χ2n) is 6.57. The van der Waals surface area contributed by atoms with Gasteiger partial charge in [0.1, 0.15) is 5.82 Å². The van der Waals surface area contributed by atoms with Crippen LogP contribution in [0.5, 0.6) is 0 Å². The molecule has 0 spiro atoms. The van der Waals surface area contributed by atoms with Crippen LogP contribution in [0.2, 0.25) is 0 Å². The standard InChI is InChI=1S/C22H23N5/c1-23-12-2-3-22-25-14-21(27-22)19-10-6-17(7-11-19)16-4-8-18(9-5-16)20-13-24-15-26-20/h4-11,13-15,23H,2-3,12H2,1H3,(H,24,26)(H,25,27). The molecule has 0 radical (unpaired) electrons.